The molecule has 3 heteroatoms. The van der Waals surface area contributed by atoms with Crippen molar-refractivity contribution < 1.29 is 0 Å². The largest absolute Gasteiger partial charge is 0.338 e. The number of imidazole rings is 1. The van der Waals surface area contributed by atoms with Gasteiger partial charge in [-0.1, -0.05) is 0 Å². The van der Waals surface area contributed by atoms with Crippen LogP contribution in [-0.4, -0.2) is 15.4 Å². The van der Waals surface area contributed by atoms with Crippen LogP contribution in [0.5, 0.6) is 0 Å². The molecular formula is C6H9ClN2. The van der Waals surface area contributed by atoms with E-state index in [9.17, 15) is 0 Å². The molecule has 0 unspecified atom stereocenters. The fourth-order valence-electron chi connectivity index (χ4n) is 0.722. The zero-order valence-electron chi connectivity index (χ0n) is 5.34. The van der Waals surface area contributed by atoms with Crippen molar-refractivity contribution >= 4 is 11.6 Å². The molecule has 0 spiro atoms. The molecule has 2 nitrogen and oxygen atoms in total. The smallest absolute Gasteiger partial charge is 0.109 e. The molecule has 0 aliphatic rings. The van der Waals surface area contributed by atoms with E-state index in [0.717, 1.165) is 12.2 Å². The van der Waals surface area contributed by atoms with Crippen molar-refractivity contribution in [2.75, 3.05) is 5.88 Å². The lowest BCUT2D eigenvalue weighted by Gasteiger charge is -1.95. The van der Waals surface area contributed by atoms with Crippen LogP contribution >= 0.6 is 11.6 Å². The minimum absolute atomic E-state index is 0.644. The van der Waals surface area contributed by atoms with Crippen LogP contribution in [0.25, 0.3) is 0 Å². The molecule has 0 bridgehead atoms. The fourth-order valence-corrected chi connectivity index (χ4v) is 0.891. The molecule has 1 aromatic heterocycles. The van der Waals surface area contributed by atoms with Crippen molar-refractivity contribution in [3.05, 3.63) is 18.2 Å². The lowest BCUT2D eigenvalue weighted by atomic mass is 10.4. The number of halogens is 1. The van der Waals surface area contributed by atoms with Gasteiger partial charge in [-0.25, -0.2) is 4.98 Å². The minimum atomic E-state index is 0.644. The zero-order valence-corrected chi connectivity index (χ0v) is 6.10. The Balaban J connectivity index is 2.69. The van der Waals surface area contributed by atoms with Crippen molar-refractivity contribution in [1.29, 1.82) is 0 Å². The molecule has 0 fully saturated rings. The Morgan fingerprint density at radius 1 is 1.78 bits per heavy atom. The molecule has 50 valence electrons. The third-order valence-corrected chi connectivity index (χ3v) is 1.43. The Kier molecular flexibility index (Phi) is 2.11. The predicted octanol–water partition coefficient (Wildman–Crippen LogP) is 1.20. The molecule has 1 aromatic rings. The minimum Gasteiger partial charge on any atom is -0.338 e. The van der Waals surface area contributed by atoms with E-state index in [0.29, 0.717) is 5.88 Å². The molecule has 0 amide bonds. The molecule has 0 saturated carbocycles. The Morgan fingerprint density at radius 2 is 2.56 bits per heavy atom. The first-order valence-corrected chi connectivity index (χ1v) is 3.40. The van der Waals surface area contributed by atoms with E-state index in [1.807, 2.05) is 17.8 Å². The SMILES string of the molecule is Cn1ccnc1CCCl. The molecular weight excluding hydrogens is 136 g/mol. The van der Waals surface area contributed by atoms with Crippen molar-refractivity contribution in [3.8, 4) is 0 Å². The summed E-state index contributed by atoms with van der Waals surface area (Å²) in [5.41, 5.74) is 0. The van der Waals surface area contributed by atoms with Gasteiger partial charge in [0.2, 0.25) is 0 Å². The Bertz CT molecular complexity index is 183. The first kappa shape index (κ1) is 6.62. The summed E-state index contributed by atoms with van der Waals surface area (Å²) in [7, 11) is 1.97. The monoisotopic (exact) mass is 144 g/mol. The molecule has 0 aliphatic heterocycles. The van der Waals surface area contributed by atoms with Gasteiger partial charge in [0.1, 0.15) is 5.82 Å². The topological polar surface area (TPSA) is 17.8 Å². The standard InChI is InChI=1S/C6H9ClN2/c1-9-5-4-8-6(9)2-3-7/h4-5H,2-3H2,1H3. The van der Waals surface area contributed by atoms with Crippen LogP contribution in [-0.2, 0) is 13.5 Å². The Hall–Kier alpha value is -0.500. The van der Waals surface area contributed by atoms with Crippen LogP contribution in [0.15, 0.2) is 12.4 Å². The molecule has 0 radical (unpaired) electrons. The summed E-state index contributed by atoms with van der Waals surface area (Å²) >= 11 is 5.51. The summed E-state index contributed by atoms with van der Waals surface area (Å²) in [6.07, 6.45) is 4.55. The second-order valence-electron chi connectivity index (χ2n) is 1.89. The lowest BCUT2D eigenvalue weighted by molar-refractivity contribution is 0.810. The first-order valence-electron chi connectivity index (χ1n) is 2.86. The van der Waals surface area contributed by atoms with Gasteiger partial charge in [-0.2, -0.15) is 0 Å². The highest BCUT2D eigenvalue weighted by molar-refractivity contribution is 6.17. The van der Waals surface area contributed by atoms with Crippen LogP contribution < -0.4 is 0 Å². The average molecular weight is 145 g/mol. The number of hydrogen-bond donors (Lipinski definition) is 0. The Labute approximate surface area is 59.5 Å². The molecule has 1 heterocycles. The molecule has 0 atom stereocenters. The lowest BCUT2D eigenvalue weighted by Crippen LogP contribution is -1.97. The number of rotatable bonds is 2. The number of aryl methyl sites for hydroxylation is 2. The van der Waals surface area contributed by atoms with Crippen molar-refractivity contribution in [1.82, 2.24) is 9.55 Å². The molecule has 0 aliphatic carbocycles. The summed E-state index contributed by atoms with van der Waals surface area (Å²) in [4.78, 5) is 4.08. The summed E-state index contributed by atoms with van der Waals surface area (Å²) < 4.78 is 1.97. The van der Waals surface area contributed by atoms with Gasteiger partial charge in [-0.05, 0) is 0 Å². The van der Waals surface area contributed by atoms with E-state index in [2.05, 4.69) is 4.98 Å². The van der Waals surface area contributed by atoms with Crippen molar-refractivity contribution in [3.63, 3.8) is 0 Å². The second-order valence-corrected chi connectivity index (χ2v) is 2.27. The maximum atomic E-state index is 5.51. The highest BCUT2D eigenvalue weighted by Crippen LogP contribution is 1.95. The van der Waals surface area contributed by atoms with Crippen LogP contribution in [0.1, 0.15) is 5.82 Å². The third-order valence-electron chi connectivity index (χ3n) is 1.24. The van der Waals surface area contributed by atoms with Gasteiger partial charge in [-0.3, -0.25) is 0 Å². The summed E-state index contributed by atoms with van der Waals surface area (Å²) in [6.45, 7) is 0. The Morgan fingerprint density at radius 3 is 3.00 bits per heavy atom. The second kappa shape index (κ2) is 2.87. The number of aromatic nitrogens is 2. The van der Waals surface area contributed by atoms with Gasteiger partial charge in [0.05, 0.1) is 0 Å². The van der Waals surface area contributed by atoms with E-state index in [4.69, 9.17) is 11.6 Å². The zero-order chi connectivity index (χ0) is 6.69. The van der Waals surface area contributed by atoms with Gasteiger partial charge in [0, 0.05) is 31.7 Å². The summed E-state index contributed by atoms with van der Waals surface area (Å²) in [6, 6.07) is 0. The molecule has 1 rings (SSSR count). The molecule has 9 heavy (non-hydrogen) atoms. The van der Waals surface area contributed by atoms with Gasteiger partial charge in [0.15, 0.2) is 0 Å². The van der Waals surface area contributed by atoms with E-state index in [1.54, 1.807) is 6.20 Å². The maximum Gasteiger partial charge on any atom is 0.109 e. The maximum absolute atomic E-state index is 5.51. The average Bonchev–Trinajstić information content (AvgIpc) is 2.18. The molecule has 0 saturated heterocycles. The van der Waals surface area contributed by atoms with Crippen LogP contribution in [0.4, 0.5) is 0 Å². The van der Waals surface area contributed by atoms with Crippen LogP contribution in [0, 0.1) is 0 Å². The van der Waals surface area contributed by atoms with Gasteiger partial charge >= 0.3 is 0 Å². The summed E-state index contributed by atoms with van der Waals surface area (Å²) in [5.74, 6) is 1.69. The van der Waals surface area contributed by atoms with Gasteiger partial charge in [0.25, 0.3) is 0 Å². The van der Waals surface area contributed by atoms with Crippen molar-refractivity contribution in [2.45, 2.75) is 6.42 Å². The highest BCUT2D eigenvalue weighted by atomic mass is 35.5. The van der Waals surface area contributed by atoms with Gasteiger partial charge in [-0.15, -0.1) is 11.6 Å². The van der Waals surface area contributed by atoms with E-state index in [1.165, 1.54) is 0 Å². The number of hydrogen-bond acceptors (Lipinski definition) is 1. The highest BCUT2D eigenvalue weighted by Gasteiger charge is 1.94. The molecule has 0 aromatic carbocycles. The van der Waals surface area contributed by atoms with E-state index in [-0.39, 0.29) is 0 Å². The van der Waals surface area contributed by atoms with E-state index < -0.39 is 0 Å². The van der Waals surface area contributed by atoms with Gasteiger partial charge < -0.3 is 4.57 Å². The third kappa shape index (κ3) is 1.45. The molecule has 0 N–H and O–H groups in total. The predicted molar refractivity (Wildman–Crippen MR) is 37.6 cm³/mol. The number of alkyl halides is 1. The fraction of sp³-hybridized carbons (Fsp3) is 0.500. The quantitative estimate of drug-likeness (QED) is 0.571. The number of nitrogens with zero attached hydrogens (tertiary/aromatic N) is 2. The first-order chi connectivity index (χ1) is 4.34. The van der Waals surface area contributed by atoms with Crippen molar-refractivity contribution in [2.24, 2.45) is 7.05 Å². The normalized spacial score (nSPS) is 10.0. The van der Waals surface area contributed by atoms with Crippen LogP contribution in [0.2, 0.25) is 0 Å². The summed E-state index contributed by atoms with van der Waals surface area (Å²) in [5, 5.41) is 0. The van der Waals surface area contributed by atoms with Crippen LogP contribution in [0.3, 0.4) is 0 Å². The van der Waals surface area contributed by atoms with E-state index >= 15 is 0 Å².